The number of hydrogen-bond acceptors (Lipinski definition) is 3. The molecule has 0 saturated heterocycles. The van der Waals surface area contributed by atoms with Crippen LogP contribution in [-0.4, -0.2) is 26.9 Å². The predicted molar refractivity (Wildman–Crippen MR) is 85.7 cm³/mol. The number of halogens is 3. The second kappa shape index (κ2) is 6.94. The van der Waals surface area contributed by atoms with E-state index < -0.39 is 26.6 Å². The van der Waals surface area contributed by atoms with Crippen LogP contribution in [0.3, 0.4) is 0 Å². The Morgan fingerprint density at radius 2 is 1.78 bits per heavy atom. The molecule has 124 valence electrons. The lowest BCUT2D eigenvalue weighted by Gasteiger charge is -2.19. The van der Waals surface area contributed by atoms with E-state index in [1.54, 1.807) is 18.2 Å². The van der Waals surface area contributed by atoms with E-state index in [9.17, 15) is 17.2 Å². The van der Waals surface area contributed by atoms with E-state index in [1.165, 1.54) is 14.2 Å². The minimum atomic E-state index is -4.32. The number of ether oxygens (including phenoxy) is 1. The molecule has 2 rings (SSSR count). The maximum Gasteiger partial charge on any atom is 0.248 e. The van der Waals surface area contributed by atoms with Gasteiger partial charge in [-0.15, -0.1) is 0 Å². The molecule has 0 fully saturated rings. The third-order valence-corrected chi connectivity index (χ3v) is 5.57. The second-order valence-corrected chi connectivity index (χ2v) is 7.67. The zero-order valence-electron chi connectivity index (χ0n) is 12.4. The third kappa shape index (κ3) is 3.70. The summed E-state index contributed by atoms with van der Waals surface area (Å²) in [6.45, 7) is -0.0985. The van der Waals surface area contributed by atoms with Crippen LogP contribution < -0.4 is 4.74 Å². The number of methoxy groups -OCH3 is 1. The molecular weight excluding hydrogens is 392 g/mol. The first-order chi connectivity index (χ1) is 10.8. The maximum absolute atomic E-state index is 13.8. The Bertz CT molecular complexity index is 807. The van der Waals surface area contributed by atoms with Crippen molar-refractivity contribution in [2.45, 2.75) is 11.4 Å². The first-order valence-electron chi connectivity index (χ1n) is 6.50. The van der Waals surface area contributed by atoms with E-state index in [1.807, 2.05) is 0 Å². The fourth-order valence-corrected chi connectivity index (χ4v) is 3.74. The molecule has 0 amide bonds. The molecule has 0 atom stereocenters. The van der Waals surface area contributed by atoms with E-state index in [0.29, 0.717) is 11.3 Å². The number of benzene rings is 2. The summed E-state index contributed by atoms with van der Waals surface area (Å²) in [5.74, 6) is -1.78. The summed E-state index contributed by atoms with van der Waals surface area (Å²) in [4.78, 5) is -0.962. The van der Waals surface area contributed by atoms with E-state index in [0.717, 1.165) is 27.0 Å². The molecule has 0 N–H and O–H groups in total. The van der Waals surface area contributed by atoms with E-state index in [-0.39, 0.29) is 6.54 Å². The lowest BCUT2D eigenvalue weighted by atomic mass is 10.2. The van der Waals surface area contributed by atoms with Gasteiger partial charge in [0.25, 0.3) is 0 Å². The summed E-state index contributed by atoms with van der Waals surface area (Å²) in [6.07, 6.45) is 0. The first-order valence-corrected chi connectivity index (χ1v) is 8.73. The molecule has 0 aromatic heterocycles. The van der Waals surface area contributed by atoms with Crippen LogP contribution in [0.5, 0.6) is 5.75 Å². The van der Waals surface area contributed by atoms with Crippen LogP contribution >= 0.6 is 15.9 Å². The van der Waals surface area contributed by atoms with Crippen LogP contribution in [-0.2, 0) is 16.6 Å². The van der Waals surface area contributed by atoms with Crippen LogP contribution in [0.15, 0.2) is 45.8 Å². The van der Waals surface area contributed by atoms with Gasteiger partial charge in [-0.2, -0.15) is 4.31 Å². The van der Waals surface area contributed by atoms with Crippen LogP contribution in [0.25, 0.3) is 0 Å². The zero-order valence-corrected chi connectivity index (χ0v) is 14.8. The SMILES string of the molecule is COc1ccc(Br)cc1CN(C)S(=O)(=O)c1c(F)cccc1F. The van der Waals surface area contributed by atoms with Crippen molar-refractivity contribution < 1.29 is 21.9 Å². The van der Waals surface area contributed by atoms with Crippen LogP contribution in [0.2, 0.25) is 0 Å². The highest BCUT2D eigenvalue weighted by Gasteiger charge is 2.28. The molecule has 0 spiro atoms. The van der Waals surface area contributed by atoms with Gasteiger partial charge in [-0.1, -0.05) is 22.0 Å². The minimum Gasteiger partial charge on any atom is -0.496 e. The summed E-state index contributed by atoms with van der Waals surface area (Å²) in [7, 11) is -1.62. The van der Waals surface area contributed by atoms with Crippen molar-refractivity contribution in [2.75, 3.05) is 14.2 Å². The topological polar surface area (TPSA) is 46.6 Å². The first kappa shape index (κ1) is 17.8. The number of sulfonamides is 1. The average molecular weight is 406 g/mol. The van der Waals surface area contributed by atoms with Crippen molar-refractivity contribution in [3.05, 3.63) is 58.1 Å². The van der Waals surface area contributed by atoms with Crippen molar-refractivity contribution in [2.24, 2.45) is 0 Å². The fourth-order valence-electron chi connectivity index (χ4n) is 2.08. The summed E-state index contributed by atoms with van der Waals surface area (Å²) < 4.78 is 59.2. The largest absolute Gasteiger partial charge is 0.496 e. The van der Waals surface area contributed by atoms with Gasteiger partial charge < -0.3 is 4.74 Å². The molecular formula is C15H14BrF2NO3S. The van der Waals surface area contributed by atoms with E-state index >= 15 is 0 Å². The second-order valence-electron chi connectivity index (χ2n) is 4.77. The fraction of sp³-hybridized carbons (Fsp3) is 0.200. The van der Waals surface area contributed by atoms with Gasteiger partial charge in [0.2, 0.25) is 10.0 Å². The van der Waals surface area contributed by atoms with Crippen LogP contribution in [0.1, 0.15) is 5.56 Å². The van der Waals surface area contributed by atoms with E-state index in [2.05, 4.69) is 15.9 Å². The van der Waals surface area contributed by atoms with Crippen LogP contribution in [0, 0.1) is 11.6 Å². The van der Waals surface area contributed by atoms with Gasteiger partial charge in [0.15, 0.2) is 4.90 Å². The molecule has 4 nitrogen and oxygen atoms in total. The Balaban J connectivity index is 2.41. The van der Waals surface area contributed by atoms with Gasteiger partial charge in [0, 0.05) is 23.6 Å². The summed E-state index contributed by atoms with van der Waals surface area (Å²) in [6, 6.07) is 8.02. The van der Waals surface area contributed by atoms with Crippen molar-refractivity contribution >= 4 is 26.0 Å². The molecule has 0 saturated carbocycles. The molecule has 0 unspecified atom stereocenters. The smallest absolute Gasteiger partial charge is 0.248 e. The molecule has 2 aromatic carbocycles. The van der Waals surface area contributed by atoms with Gasteiger partial charge in [-0.05, 0) is 30.3 Å². The van der Waals surface area contributed by atoms with Crippen LogP contribution in [0.4, 0.5) is 8.78 Å². The Morgan fingerprint density at radius 1 is 1.17 bits per heavy atom. The third-order valence-electron chi connectivity index (χ3n) is 3.22. The van der Waals surface area contributed by atoms with Gasteiger partial charge in [-0.3, -0.25) is 0 Å². The normalized spacial score (nSPS) is 11.7. The van der Waals surface area contributed by atoms with Gasteiger partial charge >= 0.3 is 0 Å². The summed E-state index contributed by atoms with van der Waals surface area (Å²) in [5, 5.41) is 0. The molecule has 23 heavy (non-hydrogen) atoms. The monoisotopic (exact) mass is 405 g/mol. The van der Waals surface area contributed by atoms with E-state index in [4.69, 9.17) is 4.74 Å². The molecule has 0 bridgehead atoms. The van der Waals surface area contributed by atoms with Crippen molar-refractivity contribution in [3.8, 4) is 5.75 Å². The highest BCUT2D eigenvalue weighted by atomic mass is 79.9. The Kier molecular flexibility index (Phi) is 5.38. The Hall–Kier alpha value is -1.51. The standard InChI is InChI=1S/C15H14BrF2NO3S/c1-19(9-10-8-11(16)6-7-14(10)22-2)23(20,21)15-12(17)4-3-5-13(15)18/h3-8H,9H2,1-2H3. The molecule has 0 aliphatic carbocycles. The lowest BCUT2D eigenvalue weighted by molar-refractivity contribution is 0.396. The maximum atomic E-state index is 13.8. The molecule has 0 heterocycles. The van der Waals surface area contributed by atoms with Crippen molar-refractivity contribution in [3.63, 3.8) is 0 Å². The van der Waals surface area contributed by atoms with Crippen molar-refractivity contribution in [1.29, 1.82) is 0 Å². The summed E-state index contributed by atoms with van der Waals surface area (Å²) >= 11 is 3.29. The highest BCUT2D eigenvalue weighted by Crippen LogP contribution is 2.27. The van der Waals surface area contributed by atoms with Gasteiger partial charge in [0.05, 0.1) is 7.11 Å². The Morgan fingerprint density at radius 3 is 2.35 bits per heavy atom. The summed E-state index contributed by atoms with van der Waals surface area (Å²) in [5.41, 5.74) is 0.560. The molecule has 8 heteroatoms. The quantitative estimate of drug-likeness (QED) is 0.763. The minimum absolute atomic E-state index is 0.0985. The lowest BCUT2D eigenvalue weighted by Crippen LogP contribution is -2.28. The number of nitrogens with zero attached hydrogens (tertiary/aromatic N) is 1. The Labute approximate surface area is 141 Å². The average Bonchev–Trinajstić information content (AvgIpc) is 2.47. The highest BCUT2D eigenvalue weighted by molar-refractivity contribution is 9.10. The van der Waals surface area contributed by atoms with Crippen molar-refractivity contribution in [1.82, 2.24) is 4.31 Å². The zero-order chi connectivity index (χ0) is 17.2. The van der Waals surface area contributed by atoms with Gasteiger partial charge in [0.1, 0.15) is 17.4 Å². The molecule has 2 aromatic rings. The predicted octanol–water partition coefficient (Wildman–Crippen LogP) is 3.56. The number of hydrogen-bond donors (Lipinski definition) is 0. The molecule has 0 aliphatic rings. The molecule has 0 aliphatic heterocycles. The molecule has 0 radical (unpaired) electrons. The van der Waals surface area contributed by atoms with Gasteiger partial charge in [-0.25, -0.2) is 17.2 Å². The number of rotatable bonds is 5.